The summed E-state index contributed by atoms with van der Waals surface area (Å²) in [4.78, 5) is 6.23. The number of hydrogen-bond acceptors (Lipinski definition) is 3. The third-order valence-electron chi connectivity index (χ3n) is 4.33. The number of halogens is 3. The Hall–Kier alpha value is -1.69. The normalized spacial score (nSPS) is 26.0. The van der Waals surface area contributed by atoms with Crippen molar-refractivity contribution in [1.82, 2.24) is 14.8 Å². The molecule has 0 amide bonds. The standard InChI is InChI=1S/C14H13ClF2N4/c15-13-9(6-21-5-1-4-18-21)2-3-12(19-13)20-7-10-11(8-20)14(10,16)17/h1-5,10-11H,6-8H2. The predicted molar refractivity (Wildman–Crippen MR) is 74.7 cm³/mol. The van der Waals surface area contributed by atoms with E-state index in [4.69, 9.17) is 11.6 Å². The summed E-state index contributed by atoms with van der Waals surface area (Å²) in [6.45, 7) is 1.27. The smallest absolute Gasteiger partial charge is 0.258 e. The molecule has 0 aromatic carbocycles. The molecule has 2 aromatic rings. The number of aromatic nitrogens is 3. The largest absolute Gasteiger partial charge is 0.356 e. The van der Waals surface area contributed by atoms with Crippen LogP contribution in [0.2, 0.25) is 5.15 Å². The third kappa shape index (κ3) is 2.09. The molecule has 0 spiro atoms. The SMILES string of the molecule is FC1(F)C2CN(c3ccc(Cn4cccn4)c(Cl)n3)CC21. The van der Waals surface area contributed by atoms with E-state index in [-0.39, 0.29) is 0 Å². The zero-order valence-electron chi connectivity index (χ0n) is 11.1. The zero-order chi connectivity index (χ0) is 14.6. The van der Waals surface area contributed by atoms with Gasteiger partial charge in [0.1, 0.15) is 11.0 Å². The number of piperidine rings is 1. The maximum atomic E-state index is 13.2. The van der Waals surface area contributed by atoms with E-state index in [0.29, 0.717) is 30.6 Å². The van der Waals surface area contributed by atoms with Crippen LogP contribution in [-0.2, 0) is 6.54 Å². The first-order valence-electron chi connectivity index (χ1n) is 6.81. The van der Waals surface area contributed by atoms with Crippen molar-refractivity contribution in [3.63, 3.8) is 0 Å². The van der Waals surface area contributed by atoms with E-state index in [1.165, 1.54) is 0 Å². The molecule has 0 bridgehead atoms. The summed E-state index contributed by atoms with van der Waals surface area (Å²) in [5.41, 5.74) is 0.860. The first-order valence-corrected chi connectivity index (χ1v) is 7.19. The Balaban J connectivity index is 1.50. The van der Waals surface area contributed by atoms with Crippen molar-refractivity contribution in [2.45, 2.75) is 12.5 Å². The fourth-order valence-corrected chi connectivity index (χ4v) is 3.22. The minimum absolute atomic E-state index is 0.361. The maximum absolute atomic E-state index is 13.2. The molecule has 1 saturated carbocycles. The molecular formula is C14H13ClF2N4. The van der Waals surface area contributed by atoms with Gasteiger partial charge in [-0.3, -0.25) is 4.68 Å². The first kappa shape index (κ1) is 13.0. The molecule has 110 valence electrons. The second kappa shape index (κ2) is 4.40. The highest BCUT2D eigenvalue weighted by Crippen LogP contribution is 2.59. The minimum atomic E-state index is -2.47. The molecule has 1 aliphatic carbocycles. The van der Waals surface area contributed by atoms with Crippen LogP contribution in [0.1, 0.15) is 5.56 Å². The number of anilines is 1. The molecule has 4 rings (SSSR count). The van der Waals surface area contributed by atoms with Crippen LogP contribution in [0, 0.1) is 11.8 Å². The summed E-state index contributed by atoms with van der Waals surface area (Å²) in [6, 6.07) is 5.56. The van der Waals surface area contributed by atoms with Crippen molar-refractivity contribution < 1.29 is 8.78 Å². The predicted octanol–water partition coefficient (Wildman–Crippen LogP) is 2.68. The van der Waals surface area contributed by atoms with Crippen molar-refractivity contribution >= 4 is 17.4 Å². The summed E-state index contributed by atoms with van der Waals surface area (Å²) in [5.74, 6) is -2.82. The van der Waals surface area contributed by atoms with Gasteiger partial charge in [-0.2, -0.15) is 5.10 Å². The Morgan fingerprint density at radius 2 is 2.05 bits per heavy atom. The van der Waals surface area contributed by atoms with E-state index < -0.39 is 17.8 Å². The molecule has 0 radical (unpaired) electrons. The van der Waals surface area contributed by atoms with Gasteiger partial charge < -0.3 is 4.90 Å². The van der Waals surface area contributed by atoms with Crippen molar-refractivity contribution in [3.8, 4) is 0 Å². The molecule has 0 N–H and O–H groups in total. The van der Waals surface area contributed by atoms with Crippen molar-refractivity contribution in [1.29, 1.82) is 0 Å². The van der Waals surface area contributed by atoms with Crippen LogP contribution in [0.15, 0.2) is 30.6 Å². The molecule has 3 heterocycles. The van der Waals surface area contributed by atoms with Gasteiger partial charge in [0.05, 0.1) is 18.4 Å². The molecule has 2 aromatic heterocycles. The van der Waals surface area contributed by atoms with Crippen LogP contribution in [0.5, 0.6) is 0 Å². The Labute approximate surface area is 125 Å². The van der Waals surface area contributed by atoms with Crippen LogP contribution >= 0.6 is 11.6 Å². The number of fused-ring (bicyclic) bond motifs is 1. The topological polar surface area (TPSA) is 34.0 Å². The van der Waals surface area contributed by atoms with E-state index in [2.05, 4.69) is 10.1 Å². The molecule has 2 unspecified atom stereocenters. The van der Waals surface area contributed by atoms with Gasteiger partial charge >= 0.3 is 0 Å². The lowest BCUT2D eigenvalue weighted by molar-refractivity contribution is 0.0797. The molecule has 1 saturated heterocycles. The van der Waals surface area contributed by atoms with Crippen LogP contribution in [0.3, 0.4) is 0 Å². The molecule has 4 nitrogen and oxygen atoms in total. The summed E-state index contributed by atoms with van der Waals surface area (Å²) < 4.78 is 28.2. The number of alkyl halides is 2. The second-order valence-corrected chi connectivity index (χ2v) is 5.97. The highest BCUT2D eigenvalue weighted by Gasteiger charge is 2.71. The van der Waals surface area contributed by atoms with E-state index in [0.717, 1.165) is 5.56 Å². The van der Waals surface area contributed by atoms with Crippen molar-refractivity contribution in [3.05, 3.63) is 41.3 Å². The van der Waals surface area contributed by atoms with E-state index in [1.54, 1.807) is 10.9 Å². The first-order chi connectivity index (χ1) is 10.1. The van der Waals surface area contributed by atoms with Gasteiger partial charge in [0.25, 0.3) is 5.92 Å². The zero-order valence-corrected chi connectivity index (χ0v) is 11.8. The fourth-order valence-electron chi connectivity index (χ4n) is 3.01. The van der Waals surface area contributed by atoms with Crippen LogP contribution in [0.4, 0.5) is 14.6 Å². The number of pyridine rings is 1. The quantitative estimate of drug-likeness (QED) is 0.817. The second-order valence-electron chi connectivity index (χ2n) is 5.62. The third-order valence-corrected chi connectivity index (χ3v) is 4.65. The van der Waals surface area contributed by atoms with Crippen molar-refractivity contribution in [2.75, 3.05) is 18.0 Å². The molecule has 1 aliphatic heterocycles. The van der Waals surface area contributed by atoms with Crippen LogP contribution < -0.4 is 4.90 Å². The Kier molecular flexibility index (Phi) is 2.73. The van der Waals surface area contributed by atoms with Gasteiger partial charge in [0, 0.05) is 31.0 Å². The van der Waals surface area contributed by atoms with Crippen LogP contribution in [-0.4, -0.2) is 33.8 Å². The Morgan fingerprint density at radius 1 is 1.29 bits per heavy atom. The summed E-state index contributed by atoms with van der Waals surface area (Å²) in [7, 11) is 0. The lowest BCUT2D eigenvalue weighted by Gasteiger charge is -2.21. The Morgan fingerprint density at radius 3 is 2.67 bits per heavy atom. The highest BCUT2D eigenvalue weighted by atomic mass is 35.5. The lowest BCUT2D eigenvalue weighted by atomic mass is 10.2. The number of nitrogens with zero attached hydrogens (tertiary/aromatic N) is 4. The van der Waals surface area contributed by atoms with Gasteiger partial charge in [0.2, 0.25) is 0 Å². The maximum Gasteiger partial charge on any atom is 0.258 e. The van der Waals surface area contributed by atoms with Gasteiger partial charge in [-0.15, -0.1) is 0 Å². The summed E-state index contributed by atoms with van der Waals surface area (Å²) in [5, 5.41) is 4.52. The number of rotatable bonds is 3. The average molecular weight is 311 g/mol. The molecule has 21 heavy (non-hydrogen) atoms. The molecular weight excluding hydrogens is 298 g/mol. The minimum Gasteiger partial charge on any atom is -0.356 e. The van der Waals surface area contributed by atoms with Gasteiger partial charge in [-0.1, -0.05) is 17.7 Å². The lowest BCUT2D eigenvalue weighted by Crippen LogP contribution is -2.28. The monoisotopic (exact) mass is 310 g/mol. The van der Waals surface area contributed by atoms with E-state index in [1.807, 2.05) is 29.3 Å². The van der Waals surface area contributed by atoms with Gasteiger partial charge in [-0.05, 0) is 12.1 Å². The number of hydrogen-bond donors (Lipinski definition) is 0. The highest BCUT2D eigenvalue weighted by molar-refractivity contribution is 6.30. The van der Waals surface area contributed by atoms with E-state index in [9.17, 15) is 8.78 Å². The molecule has 2 atom stereocenters. The molecule has 2 fully saturated rings. The summed E-state index contributed by atoms with van der Waals surface area (Å²) in [6.07, 6.45) is 3.55. The average Bonchev–Trinajstić information content (AvgIpc) is 2.94. The van der Waals surface area contributed by atoms with Crippen LogP contribution in [0.25, 0.3) is 0 Å². The van der Waals surface area contributed by atoms with E-state index >= 15 is 0 Å². The summed E-state index contributed by atoms with van der Waals surface area (Å²) >= 11 is 6.20. The Bertz CT molecular complexity index is 660. The molecule has 7 heteroatoms. The van der Waals surface area contributed by atoms with Gasteiger partial charge in [-0.25, -0.2) is 13.8 Å². The molecule has 2 aliphatic rings. The van der Waals surface area contributed by atoms with Crippen molar-refractivity contribution in [2.24, 2.45) is 11.8 Å². The van der Waals surface area contributed by atoms with Gasteiger partial charge in [0.15, 0.2) is 0 Å². The fraction of sp³-hybridized carbons (Fsp3) is 0.429.